The van der Waals surface area contributed by atoms with Crippen LogP contribution in [0.3, 0.4) is 0 Å². The summed E-state index contributed by atoms with van der Waals surface area (Å²) >= 11 is 0. The Hall–Kier alpha value is -0.513. The van der Waals surface area contributed by atoms with Crippen LogP contribution in [0.1, 0.15) is 67.7 Å². The molecule has 0 aliphatic carbocycles. The number of rotatable bonds is 7. The number of aliphatic hydroxyl groups is 1. The summed E-state index contributed by atoms with van der Waals surface area (Å²) in [6.45, 7) is 19.1. The Morgan fingerprint density at radius 3 is 2.37 bits per heavy atom. The predicted molar refractivity (Wildman–Crippen MR) is 117 cm³/mol. The molecule has 1 unspecified atom stereocenters. The second-order valence-corrected chi connectivity index (χ2v) is 15.5. The molecule has 2 aliphatic rings. The fraction of sp³-hybridized carbons (Fsp3) is 0.955. The third-order valence-corrected chi connectivity index (χ3v) is 11.2. The molecule has 2 fully saturated rings. The molecule has 0 spiro atoms. The molecule has 0 aromatic heterocycles. The molecule has 0 aromatic carbocycles. The fourth-order valence-electron chi connectivity index (χ4n) is 3.78. The average Bonchev–Trinajstić information content (AvgIpc) is 2.96. The van der Waals surface area contributed by atoms with Crippen molar-refractivity contribution in [3.8, 4) is 0 Å². The second kappa shape index (κ2) is 9.15. The first kappa shape index (κ1) is 25.7. The molecular formula is C22H42O7Si. The van der Waals surface area contributed by atoms with Crippen molar-refractivity contribution in [3.05, 3.63) is 0 Å². The number of hydrogen-bond acceptors (Lipinski definition) is 7. The molecule has 2 heterocycles. The number of carbonyl (C=O) groups excluding carboxylic acids is 1. The maximum absolute atomic E-state index is 12.0. The van der Waals surface area contributed by atoms with Crippen LogP contribution in [0.25, 0.3) is 0 Å². The molecule has 2 rings (SSSR count). The summed E-state index contributed by atoms with van der Waals surface area (Å²) in [4.78, 5) is 12.0. The zero-order valence-corrected chi connectivity index (χ0v) is 21.2. The van der Waals surface area contributed by atoms with Crippen molar-refractivity contribution in [2.45, 2.75) is 122 Å². The molecule has 1 N–H and O–H groups in total. The zero-order valence-electron chi connectivity index (χ0n) is 20.2. The van der Waals surface area contributed by atoms with Gasteiger partial charge in [-0.1, -0.05) is 20.8 Å². The number of carbonyl (C=O) groups is 1. The molecule has 30 heavy (non-hydrogen) atoms. The van der Waals surface area contributed by atoms with E-state index in [1.807, 2.05) is 20.8 Å². The highest BCUT2D eigenvalue weighted by Crippen LogP contribution is 2.43. The molecular weight excluding hydrogens is 404 g/mol. The van der Waals surface area contributed by atoms with E-state index in [1.165, 1.54) is 0 Å². The summed E-state index contributed by atoms with van der Waals surface area (Å²) in [7, 11) is -2.10. The Bertz CT molecular complexity index is 601. The molecule has 0 aromatic rings. The summed E-state index contributed by atoms with van der Waals surface area (Å²) in [5.41, 5.74) is -0.638. The molecule has 8 heteroatoms. The number of ether oxygens (including phenoxy) is 4. The van der Waals surface area contributed by atoms with Crippen molar-refractivity contribution in [2.75, 3.05) is 13.2 Å². The number of aliphatic hydroxyl groups excluding tert-OH is 1. The monoisotopic (exact) mass is 446 g/mol. The van der Waals surface area contributed by atoms with Crippen molar-refractivity contribution >= 4 is 14.3 Å². The van der Waals surface area contributed by atoms with Crippen molar-refractivity contribution in [1.82, 2.24) is 0 Å². The van der Waals surface area contributed by atoms with E-state index in [9.17, 15) is 9.90 Å². The van der Waals surface area contributed by atoms with Crippen molar-refractivity contribution in [2.24, 2.45) is 0 Å². The molecule has 176 valence electrons. The minimum absolute atomic E-state index is 0.0246. The molecule has 7 nitrogen and oxygen atoms in total. The van der Waals surface area contributed by atoms with Gasteiger partial charge in [-0.15, -0.1) is 0 Å². The Morgan fingerprint density at radius 1 is 1.23 bits per heavy atom. The van der Waals surface area contributed by atoms with Crippen LogP contribution in [-0.4, -0.2) is 68.4 Å². The van der Waals surface area contributed by atoms with Crippen LogP contribution in [0.5, 0.6) is 0 Å². The van der Waals surface area contributed by atoms with Gasteiger partial charge in [0.2, 0.25) is 0 Å². The van der Waals surface area contributed by atoms with Crippen LogP contribution in [0.15, 0.2) is 0 Å². The van der Waals surface area contributed by atoms with Gasteiger partial charge in [0.25, 0.3) is 0 Å². The third-order valence-electron chi connectivity index (χ3n) is 6.70. The van der Waals surface area contributed by atoms with E-state index in [-0.39, 0.29) is 30.3 Å². The highest BCUT2D eigenvalue weighted by molar-refractivity contribution is 6.74. The van der Waals surface area contributed by atoms with Crippen molar-refractivity contribution in [1.29, 1.82) is 0 Å². The van der Waals surface area contributed by atoms with Crippen LogP contribution < -0.4 is 0 Å². The number of esters is 1. The fourth-order valence-corrected chi connectivity index (χ4v) is 5.14. The lowest BCUT2D eigenvalue weighted by atomic mass is 9.85. The van der Waals surface area contributed by atoms with Gasteiger partial charge in [0.15, 0.2) is 14.1 Å². The first-order chi connectivity index (χ1) is 13.6. The summed E-state index contributed by atoms with van der Waals surface area (Å²) in [5.74, 6) is -1.10. The van der Waals surface area contributed by atoms with Crippen LogP contribution in [0, 0.1) is 0 Å². The van der Waals surface area contributed by atoms with E-state index >= 15 is 0 Å². The standard InChI is InChI=1S/C22H42O7Si/c1-10-25-18(24)13-15(23)19-16(29-30(8,9)20(2,3)4)11-12-22(7,28-19)17-14-26-21(5,6)27-17/h15-17,19,23H,10-14H2,1-9H3/t15?,16-,17+,19+,22-/m0/s1. The van der Waals surface area contributed by atoms with E-state index in [0.717, 1.165) is 6.42 Å². The minimum atomic E-state index is -2.10. The zero-order chi connectivity index (χ0) is 23.0. The van der Waals surface area contributed by atoms with E-state index in [0.29, 0.717) is 13.0 Å². The van der Waals surface area contributed by atoms with Crippen molar-refractivity contribution in [3.63, 3.8) is 0 Å². The van der Waals surface area contributed by atoms with Gasteiger partial charge >= 0.3 is 5.97 Å². The quantitative estimate of drug-likeness (QED) is 0.471. The Balaban J connectivity index is 2.22. The van der Waals surface area contributed by atoms with Gasteiger partial charge in [0, 0.05) is 0 Å². The lowest BCUT2D eigenvalue weighted by Gasteiger charge is -2.49. The largest absolute Gasteiger partial charge is 0.466 e. The topological polar surface area (TPSA) is 83.5 Å². The first-order valence-electron chi connectivity index (χ1n) is 11.1. The van der Waals surface area contributed by atoms with Crippen molar-refractivity contribution < 1.29 is 33.3 Å². The predicted octanol–water partition coefficient (Wildman–Crippen LogP) is 3.78. The average molecular weight is 447 g/mol. The number of hydrogen-bond donors (Lipinski definition) is 1. The smallest absolute Gasteiger partial charge is 0.308 e. The van der Waals surface area contributed by atoms with Gasteiger partial charge in [-0.05, 0) is 58.7 Å². The van der Waals surface area contributed by atoms with E-state index in [1.54, 1.807) is 6.92 Å². The maximum atomic E-state index is 12.0. The van der Waals surface area contributed by atoms with Crippen LogP contribution in [0.2, 0.25) is 18.1 Å². The summed E-state index contributed by atoms with van der Waals surface area (Å²) in [5, 5.41) is 11.0. The lowest BCUT2D eigenvalue weighted by Crippen LogP contribution is -2.59. The first-order valence-corrected chi connectivity index (χ1v) is 14.0. The van der Waals surface area contributed by atoms with Crippen LogP contribution >= 0.6 is 0 Å². The highest BCUT2D eigenvalue weighted by Gasteiger charge is 2.52. The molecule has 0 bridgehead atoms. The van der Waals surface area contributed by atoms with Gasteiger partial charge in [0.1, 0.15) is 12.2 Å². The molecule has 2 saturated heterocycles. The summed E-state index contributed by atoms with van der Waals surface area (Å²) in [6, 6.07) is 0. The van der Waals surface area contributed by atoms with Gasteiger partial charge in [-0.25, -0.2) is 0 Å². The van der Waals surface area contributed by atoms with E-state index < -0.39 is 37.9 Å². The molecule has 5 atom stereocenters. The molecule has 0 amide bonds. The van der Waals surface area contributed by atoms with Gasteiger partial charge < -0.3 is 28.5 Å². The normalized spacial score (nSPS) is 33.3. The minimum Gasteiger partial charge on any atom is -0.466 e. The Kier molecular flexibility index (Phi) is 7.86. The van der Waals surface area contributed by atoms with Gasteiger partial charge in [0.05, 0.1) is 37.4 Å². The second-order valence-electron chi connectivity index (χ2n) is 10.7. The van der Waals surface area contributed by atoms with Crippen LogP contribution in [-0.2, 0) is 28.2 Å². The van der Waals surface area contributed by atoms with E-state index in [2.05, 4.69) is 33.9 Å². The van der Waals surface area contributed by atoms with Gasteiger partial charge in [-0.3, -0.25) is 4.79 Å². The highest BCUT2D eigenvalue weighted by atomic mass is 28.4. The SMILES string of the molecule is CCOC(=O)CC(O)[C@H]1O[C@](C)([C@H]2COC(C)(C)O2)CC[C@@H]1O[Si](C)(C)C(C)(C)C. The lowest BCUT2D eigenvalue weighted by molar-refractivity contribution is -0.242. The molecule has 0 saturated carbocycles. The summed E-state index contributed by atoms with van der Waals surface area (Å²) < 4.78 is 30.0. The van der Waals surface area contributed by atoms with Gasteiger partial charge in [-0.2, -0.15) is 0 Å². The molecule has 2 aliphatic heterocycles. The third kappa shape index (κ3) is 6.04. The Labute approximate surface area is 182 Å². The van der Waals surface area contributed by atoms with Crippen LogP contribution in [0.4, 0.5) is 0 Å². The maximum Gasteiger partial charge on any atom is 0.308 e. The molecule has 0 radical (unpaired) electrons. The van der Waals surface area contributed by atoms with E-state index in [4.69, 9.17) is 23.4 Å². The summed E-state index contributed by atoms with van der Waals surface area (Å²) in [6.07, 6.45) is -0.896. The Morgan fingerprint density at radius 2 is 1.87 bits per heavy atom.